The van der Waals surface area contributed by atoms with Crippen LogP contribution in [-0.4, -0.2) is 18.4 Å². The summed E-state index contributed by atoms with van der Waals surface area (Å²) >= 11 is 0. The fraction of sp³-hybridized carbons (Fsp3) is 0.0769. The van der Waals surface area contributed by atoms with Gasteiger partial charge in [0.15, 0.2) is 6.29 Å². The van der Waals surface area contributed by atoms with Gasteiger partial charge in [0.1, 0.15) is 5.82 Å². The van der Waals surface area contributed by atoms with Crippen LogP contribution in [0.25, 0.3) is 11.1 Å². The molecular weight excluding hydrogens is 221 g/mol. The number of nitrogens with zero attached hydrogens (tertiary/aromatic N) is 1. The first-order valence-corrected chi connectivity index (χ1v) is 4.99. The van der Waals surface area contributed by atoms with E-state index in [1.807, 2.05) is 0 Å². The Balaban J connectivity index is 2.41. The molecule has 0 bridgehead atoms. The normalized spacial score (nSPS) is 10.0. The molecule has 0 unspecified atom stereocenters. The van der Waals surface area contributed by atoms with E-state index in [1.54, 1.807) is 24.4 Å². The van der Waals surface area contributed by atoms with Crippen LogP contribution in [-0.2, 0) is 0 Å². The van der Waals surface area contributed by atoms with E-state index in [1.165, 1.54) is 19.2 Å². The summed E-state index contributed by atoms with van der Waals surface area (Å²) in [4.78, 5) is 14.7. The molecule has 1 aromatic heterocycles. The molecule has 0 saturated heterocycles. The number of halogens is 1. The Morgan fingerprint density at radius 2 is 2.00 bits per heavy atom. The smallest absolute Gasteiger partial charge is 0.212 e. The molecule has 0 aliphatic carbocycles. The molecule has 0 radical (unpaired) electrons. The number of carbonyl (C=O) groups excluding carboxylic acids is 1. The number of carbonyl (C=O) groups is 1. The molecule has 4 heteroatoms. The van der Waals surface area contributed by atoms with E-state index in [-0.39, 0.29) is 5.56 Å². The molecule has 3 nitrogen and oxygen atoms in total. The SMILES string of the molecule is COc1ccc(-c2ccc(F)c(C=O)c2)cn1. The van der Waals surface area contributed by atoms with Crippen molar-refractivity contribution in [3.8, 4) is 17.0 Å². The molecule has 2 aromatic rings. The highest BCUT2D eigenvalue weighted by molar-refractivity contribution is 5.79. The number of hydrogen-bond donors (Lipinski definition) is 0. The van der Waals surface area contributed by atoms with Crippen molar-refractivity contribution in [1.82, 2.24) is 4.98 Å². The Morgan fingerprint density at radius 3 is 2.59 bits per heavy atom. The molecule has 0 fully saturated rings. The van der Waals surface area contributed by atoms with Gasteiger partial charge < -0.3 is 4.74 Å². The van der Waals surface area contributed by atoms with Gasteiger partial charge in [-0.25, -0.2) is 9.37 Å². The van der Waals surface area contributed by atoms with Crippen molar-refractivity contribution in [3.63, 3.8) is 0 Å². The lowest BCUT2D eigenvalue weighted by molar-refractivity contribution is 0.112. The van der Waals surface area contributed by atoms with Crippen LogP contribution in [0.1, 0.15) is 10.4 Å². The lowest BCUT2D eigenvalue weighted by atomic mass is 10.1. The van der Waals surface area contributed by atoms with Crippen LogP contribution in [0.5, 0.6) is 5.88 Å². The maximum atomic E-state index is 13.1. The monoisotopic (exact) mass is 231 g/mol. The second-order valence-electron chi connectivity index (χ2n) is 3.44. The van der Waals surface area contributed by atoms with Gasteiger partial charge in [-0.2, -0.15) is 0 Å². The summed E-state index contributed by atoms with van der Waals surface area (Å²) in [6, 6.07) is 7.87. The molecule has 0 spiro atoms. The molecule has 0 amide bonds. The molecule has 0 saturated carbocycles. The minimum absolute atomic E-state index is 0.0401. The lowest BCUT2D eigenvalue weighted by Gasteiger charge is -2.04. The highest BCUT2D eigenvalue weighted by Crippen LogP contribution is 2.22. The second-order valence-corrected chi connectivity index (χ2v) is 3.44. The molecule has 0 N–H and O–H groups in total. The summed E-state index contributed by atoms with van der Waals surface area (Å²) in [5, 5.41) is 0. The largest absolute Gasteiger partial charge is 0.481 e. The van der Waals surface area contributed by atoms with Crippen molar-refractivity contribution in [1.29, 1.82) is 0 Å². The summed E-state index contributed by atoms with van der Waals surface area (Å²) in [5.41, 5.74) is 1.58. The van der Waals surface area contributed by atoms with Gasteiger partial charge in [-0.3, -0.25) is 4.79 Å². The summed E-state index contributed by atoms with van der Waals surface area (Å²) in [6.45, 7) is 0. The fourth-order valence-corrected chi connectivity index (χ4v) is 1.49. The van der Waals surface area contributed by atoms with E-state index in [9.17, 15) is 9.18 Å². The van der Waals surface area contributed by atoms with Gasteiger partial charge in [0.05, 0.1) is 12.7 Å². The molecule has 0 aliphatic heterocycles. The van der Waals surface area contributed by atoms with E-state index in [0.29, 0.717) is 12.2 Å². The third-order valence-corrected chi connectivity index (χ3v) is 2.40. The zero-order chi connectivity index (χ0) is 12.3. The second kappa shape index (κ2) is 4.74. The maximum absolute atomic E-state index is 13.1. The number of aromatic nitrogens is 1. The van der Waals surface area contributed by atoms with Crippen molar-refractivity contribution in [3.05, 3.63) is 47.9 Å². The summed E-state index contributed by atoms with van der Waals surface area (Å²) < 4.78 is 18.1. The van der Waals surface area contributed by atoms with Crippen molar-refractivity contribution in [2.45, 2.75) is 0 Å². The molecule has 0 atom stereocenters. The van der Waals surface area contributed by atoms with Crippen LogP contribution < -0.4 is 4.74 Å². The first kappa shape index (κ1) is 11.3. The van der Waals surface area contributed by atoms with Gasteiger partial charge in [0.2, 0.25) is 5.88 Å². The fourth-order valence-electron chi connectivity index (χ4n) is 1.49. The van der Waals surface area contributed by atoms with E-state index in [2.05, 4.69) is 4.98 Å². The highest BCUT2D eigenvalue weighted by atomic mass is 19.1. The van der Waals surface area contributed by atoms with Gasteiger partial charge in [0.25, 0.3) is 0 Å². The third-order valence-electron chi connectivity index (χ3n) is 2.40. The predicted octanol–water partition coefficient (Wildman–Crippen LogP) is 2.71. The molecule has 86 valence electrons. The number of ether oxygens (including phenoxy) is 1. The summed E-state index contributed by atoms with van der Waals surface area (Å²) in [6.07, 6.45) is 2.11. The van der Waals surface area contributed by atoms with Crippen molar-refractivity contribution in [2.75, 3.05) is 7.11 Å². The number of methoxy groups -OCH3 is 1. The molecule has 0 aliphatic rings. The van der Waals surface area contributed by atoms with E-state index < -0.39 is 5.82 Å². The Bertz CT molecular complexity index is 538. The molecule has 2 rings (SSSR count). The van der Waals surface area contributed by atoms with Crippen molar-refractivity contribution in [2.24, 2.45) is 0 Å². The van der Waals surface area contributed by atoms with E-state index >= 15 is 0 Å². The molecule has 1 heterocycles. The Kier molecular flexibility index (Phi) is 3.14. The predicted molar refractivity (Wildman–Crippen MR) is 61.6 cm³/mol. The molecular formula is C13H10FNO2. The lowest BCUT2D eigenvalue weighted by Crippen LogP contribution is -1.90. The number of aldehydes is 1. The van der Waals surface area contributed by atoms with E-state index in [0.717, 1.165) is 11.1 Å². The maximum Gasteiger partial charge on any atom is 0.212 e. The number of pyridine rings is 1. The summed E-state index contributed by atoms with van der Waals surface area (Å²) in [5.74, 6) is -0.0170. The Hall–Kier alpha value is -2.23. The summed E-state index contributed by atoms with van der Waals surface area (Å²) in [7, 11) is 1.53. The average molecular weight is 231 g/mol. The first-order chi connectivity index (χ1) is 8.24. The van der Waals surface area contributed by atoms with Crippen molar-refractivity contribution >= 4 is 6.29 Å². The van der Waals surface area contributed by atoms with Gasteiger partial charge in [0, 0.05) is 17.8 Å². The van der Waals surface area contributed by atoms with Crippen LogP contribution >= 0.6 is 0 Å². The number of hydrogen-bond acceptors (Lipinski definition) is 3. The average Bonchev–Trinajstić information content (AvgIpc) is 2.39. The zero-order valence-electron chi connectivity index (χ0n) is 9.18. The zero-order valence-corrected chi connectivity index (χ0v) is 9.18. The van der Waals surface area contributed by atoms with Gasteiger partial charge >= 0.3 is 0 Å². The van der Waals surface area contributed by atoms with Crippen molar-refractivity contribution < 1.29 is 13.9 Å². The quantitative estimate of drug-likeness (QED) is 0.762. The number of rotatable bonds is 3. The molecule has 17 heavy (non-hydrogen) atoms. The highest BCUT2D eigenvalue weighted by Gasteiger charge is 2.04. The van der Waals surface area contributed by atoms with E-state index in [4.69, 9.17) is 4.74 Å². The third kappa shape index (κ3) is 2.30. The Labute approximate surface area is 97.9 Å². The minimum atomic E-state index is -0.523. The minimum Gasteiger partial charge on any atom is -0.481 e. The van der Waals surface area contributed by atoms with Crippen LogP contribution in [0, 0.1) is 5.82 Å². The van der Waals surface area contributed by atoms with Crippen LogP contribution in [0.15, 0.2) is 36.5 Å². The van der Waals surface area contributed by atoms with Crippen LogP contribution in [0.4, 0.5) is 4.39 Å². The standard InChI is InChI=1S/C13H10FNO2/c1-17-13-5-3-10(7-15-13)9-2-4-12(14)11(6-9)8-16/h2-8H,1H3. The number of benzene rings is 1. The van der Waals surface area contributed by atoms with Gasteiger partial charge in [-0.15, -0.1) is 0 Å². The molecule has 1 aromatic carbocycles. The topological polar surface area (TPSA) is 39.2 Å². The van der Waals surface area contributed by atoms with Gasteiger partial charge in [-0.1, -0.05) is 6.07 Å². The first-order valence-electron chi connectivity index (χ1n) is 4.99. The van der Waals surface area contributed by atoms with Gasteiger partial charge in [-0.05, 0) is 23.8 Å². The van der Waals surface area contributed by atoms with Crippen LogP contribution in [0.2, 0.25) is 0 Å². The Morgan fingerprint density at radius 1 is 1.24 bits per heavy atom. The van der Waals surface area contributed by atoms with Crippen LogP contribution in [0.3, 0.4) is 0 Å².